The van der Waals surface area contributed by atoms with Crippen LogP contribution in [0.5, 0.6) is 0 Å². The van der Waals surface area contributed by atoms with Crippen molar-refractivity contribution in [1.29, 1.82) is 0 Å². The highest BCUT2D eigenvalue weighted by atomic mass is 35.5. The first-order valence-corrected chi connectivity index (χ1v) is 7.78. The Bertz CT molecular complexity index is 916. The van der Waals surface area contributed by atoms with Gasteiger partial charge in [0, 0.05) is 28.2 Å². The van der Waals surface area contributed by atoms with Crippen molar-refractivity contribution in [3.05, 3.63) is 69.5 Å². The Morgan fingerprint density at radius 3 is 2.82 bits per heavy atom. The zero-order valence-electron chi connectivity index (χ0n) is 12.0. The van der Waals surface area contributed by atoms with Gasteiger partial charge in [0.15, 0.2) is 0 Å². The van der Waals surface area contributed by atoms with Gasteiger partial charge in [0.05, 0.1) is 0 Å². The van der Waals surface area contributed by atoms with Gasteiger partial charge in [-0.05, 0) is 48.7 Å². The predicted octanol–water partition coefficient (Wildman–Crippen LogP) is 4.27. The third-order valence-electron chi connectivity index (χ3n) is 4.18. The molecule has 0 atom stereocenters. The number of nitrogens with one attached hydrogen (secondary N) is 1. The molecule has 0 amide bonds. The van der Waals surface area contributed by atoms with Crippen LogP contribution >= 0.6 is 11.6 Å². The second-order valence-corrected chi connectivity index (χ2v) is 6.04. The number of hydrogen-bond donors (Lipinski definition) is 1. The second kappa shape index (κ2) is 5.18. The highest BCUT2D eigenvalue weighted by Gasteiger charge is 2.20. The van der Waals surface area contributed by atoms with Gasteiger partial charge >= 0.3 is 0 Å². The van der Waals surface area contributed by atoms with Crippen LogP contribution in [0.4, 0.5) is 11.4 Å². The van der Waals surface area contributed by atoms with Crippen molar-refractivity contribution >= 4 is 33.9 Å². The van der Waals surface area contributed by atoms with Crippen molar-refractivity contribution in [2.45, 2.75) is 12.8 Å². The number of aromatic amines is 1. The number of nitrogens with zero attached hydrogens (tertiary/aromatic N) is 1. The van der Waals surface area contributed by atoms with E-state index in [0.29, 0.717) is 5.69 Å². The molecule has 0 bridgehead atoms. The van der Waals surface area contributed by atoms with Crippen molar-refractivity contribution in [3.8, 4) is 0 Å². The number of H-pyrrole nitrogens is 1. The molecule has 3 aromatic rings. The number of para-hydroxylation sites is 1. The van der Waals surface area contributed by atoms with Gasteiger partial charge in [0.1, 0.15) is 5.69 Å². The van der Waals surface area contributed by atoms with Gasteiger partial charge in [-0.25, -0.2) is 0 Å². The molecule has 1 aromatic heterocycles. The lowest BCUT2D eigenvalue weighted by atomic mass is 10.0. The number of hydrogen-bond acceptors (Lipinski definition) is 2. The summed E-state index contributed by atoms with van der Waals surface area (Å²) >= 11 is 6.09. The van der Waals surface area contributed by atoms with Gasteiger partial charge in [0.25, 0.3) is 5.56 Å². The first-order valence-electron chi connectivity index (χ1n) is 7.40. The molecule has 0 unspecified atom stereocenters. The minimum absolute atomic E-state index is 0.0542. The standard InChI is InChI=1S/C18H15ClN2O/c19-14-7-8-16-13(10-14)5-3-9-21(16)17-11-12-4-1-2-6-15(12)20-18(17)22/h1-2,4,6-8,10-11H,3,5,9H2,(H,20,22). The van der Waals surface area contributed by atoms with Crippen LogP contribution in [0.1, 0.15) is 12.0 Å². The Morgan fingerprint density at radius 1 is 1.05 bits per heavy atom. The molecule has 2 heterocycles. The molecule has 4 heteroatoms. The lowest BCUT2D eigenvalue weighted by Crippen LogP contribution is -2.29. The molecular formula is C18H15ClN2O. The van der Waals surface area contributed by atoms with Crippen LogP contribution in [0, 0.1) is 0 Å². The van der Waals surface area contributed by atoms with Gasteiger partial charge in [-0.3, -0.25) is 4.79 Å². The summed E-state index contributed by atoms with van der Waals surface area (Å²) in [6.45, 7) is 0.843. The maximum Gasteiger partial charge on any atom is 0.272 e. The lowest BCUT2D eigenvalue weighted by Gasteiger charge is -2.31. The third-order valence-corrected chi connectivity index (χ3v) is 4.42. The average molecular weight is 311 g/mol. The number of rotatable bonds is 1. The summed E-state index contributed by atoms with van der Waals surface area (Å²) in [5.41, 5.74) is 3.79. The molecule has 1 aliphatic rings. The van der Waals surface area contributed by atoms with Crippen molar-refractivity contribution in [3.63, 3.8) is 0 Å². The molecule has 0 radical (unpaired) electrons. The lowest BCUT2D eigenvalue weighted by molar-refractivity contribution is 0.764. The summed E-state index contributed by atoms with van der Waals surface area (Å²) in [6.07, 6.45) is 2.01. The smallest absolute Gasteiger partial charge is 0.272 e. The van der Waals surface area contributed by atoms with Gasteiger partial charge < -0.3 is 9.88 Å². The monoisotopic (exact) mass is 310 g/mol. The van der Waals surface area contributed by atoms with Crippen molar-refractivity contribution < 1.29 is 0 Å². The fraction of sp³-hybridized carbons (Fsp3) is 0.167. The molecule has 2 aromatic carbocycles. The van der Waals surface area contributed by atoms with Crippen molar-refractivity contribution in [1.82, 2.24) is 4.98 Å². The number of benzene rings is 2. The Labute approximate surface area is 133 Å². The summed E-state index contributed by atoms with van der Waals surface area (Å²) in [5.74, 6) is 0. The molecule has 0 fully saturated rings. The maximum absolute atomic E-state index is 12.5. The van der Waals surface area contributed by atoms with Gasteiger partial charge in [-0.1, -0.05) is 29.8 Å². The maximum atomic E-state index is 12.5. The van der Waals surface area contributed by atoms with Crippen molar-refractivity contribution in [2.24, 2.45) is 0 Å². The molecule has 0 saturated heterocycles. The Kier molecular flexibility index (Phi) is 3.16. The van der Waals surface area contributed by atoms with Crippen LogP contribution in [0.2, 0.25) is 5.02 Å². The highest BCUT2D eigenvalue weighted by Crippen LogP contribution is 2.34. The topological polar surface area (TPSA) is 36.1 Å². The van der Waals surface area contributed by atoms with E-state index in [1.165, 1.54) is 5.56 Å². The number of halogens is 1. The van der Waals surface area contributed by atoms with E-state index in [0.717, 1.165) is 41.0 Å². The molecule has 4 rings (SSSR count). The molecule has 3 nitrogen and oxygen atoms in total. The van der Waals surface area contributed by atoms with E-state index < -0.39 is 0 Å². The SMILES string of the molecule is O=c1[nH]c2ccccc2cc1N1CCCc2cc(Cl)ccc21. The minimum atomic E-state index is -0.0542. The summed E-state index contributed by atoms with van der Waals surface area (Å²) < 4.78 is 0. The van der Waals surface area contributed by atoms with E-state index in [1.54, 1.807) is 0 Å². The molecule has 1 N–H and O–H groups in total. The third kappa shape index (κ3) is 2.18. The van der Waals surface area contributed by atoms with Gasteiger partial charge in [-0.2, -0.15) is 0 Å². The average Bonchev–Trinajstić information content (AvgIpc) is 2.53. The van der Waals surface area contributed by atoms with E-state index in [4.69, 9.17) is 11.6 Å². The molecule has 0 aliphatic carbocycles. The first kappa shape index (κ1) is 13.4. The molecule has 22 heavy (non-hydrogen) atoms. The molecular weight excluding hydrogens is 296 g/mol. The summed E-state index contributed by atoms with van der Waals surface area (Å²) in [6, 6.07) is 15.7. The molecule has 1 aliphatic heterocycles. The molecule has 0 spiro atoms. The number of aryl methyl sites for hydroxylation is 1. The van der Waals surface area contributed by atoms with Crippen LogP contribution < -0.4 is 10.5 Å². The zero-order valence-corrected chi connectivity index (χ0v) is 12.7. The van der Waals surface area contributed by atoms with Crippen LogP contribution in [0.3, 0.4) is 0 Å². The summed E-state index contributed by atoms with van der Waals surface area (Å²) in [4.78, 5) is 17.6. The van der Waals surface area contributed by atoms with E-state index in [-0.39, 0.29) is 5.56 Å². The number of anilines is 2. The summed E-state index contributed by atoms with van der Waals surface area (Å²) in [7, 11) is 0. The predicted molar refractivity (Wildman–Crippen MR) is 91.3 cm³/mol. The Balaban J connectivity index is 1.90. The largest absolute Gasteiger partial charge is 0.337 e. The minimum Gasteiger partial charge on any atom is -0.337 e. The fourth-order valence-electron chi connectivity index (χ4n) is 3.15. The summed E-state index contributed by atoms with van der Waals surface area (Å²) in [5, 5.41) is 1.78. The van der Waals surface area contributed by atoms with Crippen LogP contribution in [-0.2, 0) is 6.42 Å². The van der Waals surface area contributed by atoms with Gasteiger partial charge in [0.2, 0.25) is 0 Å². The number of aromatic nitrogens is 1. The van der Waals surface area contributed by atoms with E-state index in [1.807, 2.05) is 48.5 Å². The first-order chi connectivity index (χ1) is 10.7. The van der Waals surface area contributed by atoms with Crippen LogP contribution in [0.15, 0.2) is 53.3 Å². The quantitative estimate of drug-likeness (QED) is 0.729. The zero-order chi connectivity index (χ0) is 15.1. The Morgan fingerprint density at radius 2 is 1.91 bits per heavy atom. The fourth-order valence-corrected chi connectivity index (χ4v) is 3.35. The molecule has 110 valence electrons. The van der Waals surface area contributed by atoms with Crippen LogP contribution in [-0.4, -0.2) is 11.5 Å². The second-order valence-electron chi connectivity index (χ2n) is 5.60. The van der Waals surface area contributed by atoms with Gasteiger partial charge in [-0.15, -0.1) is 0 Å². The van der Waals surface area contributed by atoms with Crippen molar-refractivity contribution in [2.75, 3.05) is 11.4 Å². The number of pyridine rings is 1. The highest BCUT2D eigenvalue weighted by molar-refractivity contribution is 6.30. The number of fused-ring (bicyclic) bond motifs is 2. The van der Waals surface area contributed by atoms with E-state index >= 15 is 0 Å². The Hall–Kier alpha value is -2.26. The van der Waals surface area contributed by atoms with Crippen LogP contribution in [0.25, 0.3) is 10.9 Å². The van der Waals surface area contributed by atoms with E-state index in [2.05, 4.69) is 9.88 Å². The molecule has 0 saturated carbocycles. The normalized spacial score (nSPS) is 14.1. The van der Waals surface area contributed by atoms with E-state index in [9.17, 15) is 4.79 Å².